The van der Waals surface area contributed by atoms with Gasteiger partial charge in [-0.1, -0.05) is 6.92 Å². The van der Waals surface area contributed by atoms with Gasteiger partial charge in [-0.15, -0.1) is 0 Å². The summed E-state index contributed by atoms with van der Waals surface area (Å²) in [4.78, 5) is 9.28. The van der Waals surface area contributed by atoms with Crippen LogP contribution in [0.2, 0.25) is 0 Å². The van der Waals surface area contributed by atoms with E-state index in [1.807, 2.05) is 19.9 Å². The van der Waals surface area contributed by atoms with E-state index in [0.29, 0.717) is 6.61 Å². The monoisotopic (exact) mass is 279 g/mol. The average Bonchev–Trinajstić information content (AvgIpc) is 2.35. The normalized spacial score (nSPS) is 15.2. The SMILES string of the molecule is CCOC(C)(CC)c1nc(C)cc(CNC(C)(C)C)n1. The van der Waals surface area contributed by atoms with Gasteiger partial charge in [-0.2, -0.15) is 0 Å². The topological polar surface area (TPSA) is 47.0 Å². The van der Waals surface area contributed by atoms with Gasteiger partial charge in [0.05, 0.1) is 5.69 Å². The largest absolute Gasteiger partial charge is 0.368 e. The third kappa shape index (κ3) is 4.84. The summed E-state index contributed by atoms with van der Waals surface area (Å²) in [6.07, 6.45) is 0.858. The number of nitrogens with one attached hydrogen (secondary N) is 1. The second kappa shape index (κ2) is 6.64. The van der Waals surface area contributed by atoms with Crippen LogP contribution in [0.4, 0.5) is 0 Å². The lowest BCUT2D eigenvalue weighted by atomic mass is 10.0. The van der Waals surface area contributed by atoms with Crippen molar-refractivity contribution in [3.63, 3.8) is 0 Å². The van der Waals surface area contributed by atoms with Crippen molar-refractivity contribution in [3.05, 3.63) is 23.3 Å². The number of aryl methyl sites for hydroxylation is 1. The van der Waals surface area contributed by atoms with E-state index in [1.165, 1.54) is 0 Å². The smallest absolute Gasteiger partial charge is 0.160 e. The van der Waals surface area contributed by atoms with E-state index in [-0.39, 0.29) is 5.54 Å². The lowest BCUT2D eigenvalue weighted by Crippen LogP contribution is -2.36. The third-order valence-corrected chi connectivity index (χ3v) is 3.32. The minimum absolute atomic E-state index is 0.0764. The van der Waals surface area contributed by atoms with Crippen LogP contribution >= 0.6 is 0 Å². The molecule has 4 heteroatoms. The van der Waals surface area contributed by atoms with Crippen LogP contribution in [0.5, 0.6) is 0 Å². The highest BCUT2D eigenvalue weighted by Crippen LogP contribution is 2.26. The van der Waals surface area contributed by atoms with Crippen LogP contribution in [0.1, 0.15) is 65.2 Å². The van der Waals surface area contributed by atoms with Crippen LogP contribution < -0.4 is 5.32 Å². The van der Waals surface area contributed by atoms with Crippen LogP contribution in [0.3, 0.4) is 0 Å². The molecule has 0 radical (unpaired) electrons. The van der Waals surface area contributed by atoms with Crippen LogP contribution in [-0.4, -0.2) is 22.1 Å². The molecule has 1 aromatic heterocycles. The highest BCUT2D eigenvalue weighted by atomic mass is 16.5. The number of ether oxygens (including phenoxy) is 1. The van der Waals surface area contributed by atoms with Crippen molar-refractivity contribution in [2.24, 2.45) is 0 Å². The van der Waals surface area contributed by atoms with Crippen molar-refractivity contribution < 1.29 is 4.74 Å². The molecule has 0 aliphatic carbocycles. The fourth-order valence-corrected chi connectivity index (χ4v) is 1.96. The highest BCUT2D eigenvalue weighted by Gasteiger charge is 2.29. The zero-order valence-corrected chi connectivity index (χ0v) is 14.0. The molecule has 114 valence electrons. The molecular weight excluding hydrogens is 250 g/mol. The maximum atomic E-state index is 5.87. The van der Waals surface area contributed by atoms with Gasteiger partial charge in [-0.25, -0.2) is 9.97 Å². The zero-order valence-electron chi connectivity index (χ0n) is 14.0. The molecule has 1 atom stereocenters. The van der Waals surface area contributed by atoms with Crippen molar-refractivity contribution in [2.75, 3.05) is 6.61 Å². The standard InChI is InChI=1S/C16H29N3O/c1-8-16(7,20-9-2)14-18-12(3)10-13(19-14)11-17-15(4,5)6/h10,17H,8-9,11H2,1-7H3. The first-order chi connectivity index (χ1) is 9.20. The molecule has 1 rings (SSSR count). The molecule has 1 unspecified atom stereocenters. The van der Waals surface area contributed by atoms with E-state index in [0.717, 1.165) is 30.2 Å². The summed E-state index contributed by atoms with van der Waals surface area (Å²) in [6, 6.07) is 2.03. The molecule has 1 aromatic rings. The summed E-state index contributed by atoms with van der Waals surface area (Å²) in [6.45, 7) is 16.0. The Hall–Kier alpha value is -1.00. The molecule has 4 nitrogen and oxygen atoms in total. The van der Waals surface area contributed by atoms with Crippen LogP contribution in [0.15, 0.2) is 6.07 Å². The quantitative estimate of drug-likeness (QED) is 0.867. The summed E-state index contributed by atoms with van der Waals surface area (Å²) < 4.78 is 5.87. The molecule has 1 heterocycles. The van der Waals surface area contributed by atoms with Crippen molar-refractivity contribution in [3.8, 4) is 0 Å². The van der Waals surface area contributed by atoms with Crippen molar-refractivity contribution >= 4 is 0 Å². The average molecular weight is 279 g/mol. The van der Waals surface area contributed by atoms with E-state index < -0.39 is 5.60 Å². The summed E-state index contributed by atoms with van der Waals surface area (Å²) in [5, 5.41) is 3.46. The minimum Gasteiger partial charge on any atom is -0.368 e. The van der Waals surface area contributed by atoms with Crippen LogP contribution in [-0.2, 0) is 16.9 Å². The number of rotatable bonds is 6. The summed E-state index contributed by atoms with van der Waals surface area (Å²) in [5.74, 6) is 0.785. The summed E-state index contributed by atoms with van der Waals surface area (Å²) >= 11 is 0. The van der Waals surface area contributed by atoms with Gasteiger partial charge in [0.25, 0.3) is 0 Å². The first kappa shape index (κ1) is 17.1. The Morgan fingerprint density at radius 2 is 1.80 bits per heavy atom. The molecule has 0 saturated heterocycles. The highest BCUT2D eigenvalue weighted by molar-refractivity contribution is 5.14. The Kier molecular flexibility index (Phi) is 5.66. The molecular formula is C16H29N3O. The van der Waals surface area contributed by atoms with E-state index in [1.54, 1.807) is 0 Å². The first-order valence-corrected chi connectivity index (χ1v) is 7.44. The fraction of sp³-hybridized carbons (Fsp3) is 0.750. The maximum absolute atomic E-state index is 5.87. The Labute approximate surface area is 123 Å². The number of hydrogen-bond donors (Lipinski definition) is 1. The van der Waals surface area contributed by atoms with Gasteiger partial charge in [0.15, 0.2) is 5.82 Å². The van der Waals surface area contributed by atoms with Crippen LogP contribution in [0.25, 0.3) is 0 Å². The van der Waals surface area contributed by atoms with Gasteiger partial charge in [0, 0.05) is 24.4 Å². The van der Waals surface area contributed by atoms with Gasteiger partial charge >= 0.3 is 0 Å². The molecule has 1 N–H and O–H groups in total. The second-order valence-corrected chi connectivity index (χ2v) is 6.45. The zero-order chi connectivity index (χ0) is 15.4. The molecule has 0 saturated carbocycles. The van der Waals surface area contributed by atoms with Gasteiger partial charge in [0.1, 0.15) is 5.60 Å². The molecule has 20 heavy (non-hydrogen) atoms. The van der Waals surface area contributed by atoms with Crippen molar-refractivity contribution in [2.45, 2.75) is 72.6 Å². The first-order valence-electron chi connectivity index (χ1n) is 7.44. The van der Waals surface area contributed by atoms with Crippen molar-refractivity contribution in [1.82, 2.24) is 15.3 Å². The Morgan fingerprint density at radius 3 is 2.30 bits per heavy atom. The molecule has 0 bridgehead atoms. The molecule has 0 aliphatic heterocycles. The van der Waals surface area contributed by atoms with E-state index in [4.69, 9.17) is 9.72 Å². The second-order valence-electron chi connectivity index (χ2n) is 6.45. The Balaban J connectivity index is 3.01. The van der Waals surface area contributed by atoms with E-state index in [2.05, 4.69) is 44.9 Å². The summed E-state index contributed by atoms with van der Waals surface area (Å²) in [5.41, 5.74) is 1.67. The number of nitrogens with zero attached hydrogens (tertiary/aromatic N) is 2. The third-order valence-electron chi connectivity index (χ3n) is 3.32. The van der Waals surface area contributed by atoms with E-state index >= 15 is 0 Å². The fourth-order valence-electron chi connectivity index (χ4n) is 1.96. The summed E-state index contributed by atoms with van der Waals surface area (Å²) in [7, 11) is 0. The van der Waals surface area contributed by atoms with Crippen LogP contribution in [0, 0.1) is 6.92 Å². The molecule has 0 fully saturated rings. The maximum Gasteiger partial charge on any atom is 0.160 e. The van der Waals surface area contributed by atoms with Gasteiger partial charge < -0.3 is 10.1 Å². The molecule has 0 aliphatic rings. The molecule has 0 amide bonds. The van der Waals surface area contributed by atoms with Gasteiger partial charge in [0.2, 0.25) is 0 Å². The number of hydrogen-bond acceptors (Lipinski definition) is 4. The van der Waals surface area contributed by atoms with Crippen molar-refractivity contribution in [1.29, 1.82) is 0 Å². The molecule has 0 aromatic carbocycles. The Morgan fingerprint density at radius 1 is 1.15 bits per heavy atom. The van der Waals surface area contributed by atoms with Gasteiger partial charge in [-0.3, -0.25) is 0 Å². The Bertz CT molecular complexity index is 440. The minimum atomic E-state index is -0.406. The lowest BCUT2D eigenvalue weighted by Gasteiger charge is -2.27. The predicted molar refractivity (Wildman–Crippen MR) is 82.6 cm³/mol. The van der Waals surface area contributed by atoms with Gasteiger partial charge in [-0.05, 0) is 54.0 Å². The molecule has 0 spiro atoms. The lowest BCUT2D eigenvalue weighted by molar-refractivity contribution is -0.0393. The number of aromatic nitrogens is 2. The predicted octanol–water partition coefficient (Wildman–Crippen LogP) is 3.33. The van der Waals surface area contributed by atoms with E-state index in [9.17, 15) is 0 Å².